The van der Waals surface area contributed by atoms with Crippen LogP contribution in [-0.4, -0.2) is 55.8 Å². The predicted octanol–water partition coefficient (Wildman–Crippen LogP) is 5.88. The molecule has 0 heterocycles. The number of rotatable bonds is 6. The highest BCUT2D eigenvalue weighted by atomic mass is 28.3. The zero-order valence-corrected chi connectivity index (χ0v) is 30.6. The van der Waals surface area contributed by atoms with E-state index in [9.17, 15) is 0 Å². The van der Waals surface area contributed by atoms with Crippen molar-refractivity contribution in [3.8, 4) is 83.1 Å². The van der Waals surface area contributed by atoms with Crippen LogP contribution in [0.5, 0.6) is 0 Å². The molecule has 0 saturated carbocycles. The van der Waals surface area contributed by atoms with Crippen molar-refractivity contribution in [2.75, 3.05) is 28.4 Å². The van der Waals surface area contributed by atoms with Crippen molar-refractivity contribution in [3.05, 3.63) is 71.8 Å². The van der Waals surface area contributed by atoms with Crippen LogP contribution in [-0.2, 0) is 30.1 Å². The van der Waals surface area contributed by atoms with Gasteiger partial charge in [-0.2, -0.15) is 0 Å². The van der Waals surface area contributed by atoms with Crippen LogP contribution >= 0.6 is 0 Å². The topological polar surface area (TPSA) is 36.9 Å². The Kier molecular flexibility index (Phi) is 13.0. The van der Waals surface area contributed by atoms with Gasteiger partial charge in [0.15, 0.2) is 0 Å². The average molecular weight is 643 g/mol. The van der Waals surface area contributed by atoms with Crippen molar-refractivity contribution < 1.29 is 18.9 Å². The van der Waals surface area contributed by atoms with Crippen LogP contribution in [0.2, 0.25) is 39.3 Å². The lowest BCUT2D eigenvalue weighted by molar-refractivity contribution is 0.0788. The summed E-state index contributed by atoms with van der Waals surface area (Å²) in [5, 5.41) is 0. The molecular weight excluding hydrogens is 601 g/mol. The maximum absolute atomic E-state index is 6.10. The van der Waals surface area contributed by atoms with E-state index in [4.69, 9.17) is 31.8 Å². The van der Waals surface area contributed by atoms with Gasteiger partial charge in [0.1, 0.15) is 16.1 Å². The average Bonchev–Trinajstić information content (AvgIpc) is 3.06. The summed E-state index contributed by atoms with van der Waals surface area (Å²) in [5.41, 5.74) is 1.97. The largest absolute Gasteiger partial charge is 0.351 e. The number of ether oxygens (including phenoxy) is 4. The van der Waals surface area contributed by atoms with Crippen molar-refractivity contribution in [2.45, 2.75) is 61.7 Å². The smallest absolute Gasteiger partial charge is 0.253 e. The molecule has 0 bridgehead atoms. The molecule has 46 heavy (non-hydrogen) atoms. The van der Waals surface area contributed by atoms with E-state index in [0.717, 1.165) is 0 Å². The molecule has 0 radical (unpaired) electrons. The highest BCUT2D eigenvalue weighted by molar-refractivity contribution is 6.84. The monoisotopic (exact) mass is 642 g/mol. The molecule has 0 amide bonds. The SMILES string of the molecule is C#CC(C#CC(C#CC(C#CC(C#C)(C#C[Si](C)(C)C)OC)(OC)c1ccccc1)(OC)c1ccccc1)(C#C[Si](C)(C)C)OC. The Morgan fingerprint density at radius 3 is 1.00 bits per heavy atom. The van der Waals surface area contributed by atoms with Crippen molar-refractivity contribution in [3.63, 3.8) is 0 Å². The predicted molar refractivity (Wildman–Crippen MR) is 193 cm³/mol. The molecule has 0 aliphatic rings. The van der Waals surface area contributed by atoms with Crippen molar-refractivity contribution in [1.29, 1.82) is 0 Å². The van der Waals surface area contributed by atoms with Gasteiger partial charge in [-0.1, -0.05) is 99.9 Å². The van der Waals surface area contributed by atoms with Crippen molar-refractivity contribution in [1.82, 2.24) is 0 Å². The van der Waals surface area contributed by atoms with E-state index in [1.54, 1.807) is 0 Å². The van der Waals surface area contributed by atoms with E-state index < -0.39 is 38.6 Å². The summed E-state index contributed by atoms with van der Waals surface area (Å²) in [6.07, 6.45) is 11.9. The first kappa shape index (κ1) is 37.8. The highest BCUT2D eigenvalue weighted by Gasteiger charge is 2.35. The Bertz CT molecular complexity index is 1640. The van der Waals surface area contributed by atoms with Gasteiger partial charge in [0.05, 0.1) is 0 Å². The third-order valence-corrected chi connectivity index (χ3v) is 8.21. The Morgan fingerprint density at radius 1 is 0.457 bits per heavy atom. The molecule has 0 saturated heterocycles. The summed E-state index contributed by atoms with van der Waals surface area (Å²) in [6.45, 7) is 12.7. The van der Waals surface area contributed by atoms with Gasteiger partial charge in [-0.25, -0.2) is 0 Å². The molecule has 0 aliphatic heterocycles. The Morgan fingerprint density at radius 2 is 0.761 bits per heavy atom. The fourth-order valence-electron chi connectivity index (χ4n) is 3.74. The van der Waals surface area contributed by atoms with E-state index in [-0.39, 0.29) is 0 Å². The fourth-order valence-corrected chi connectivity index (χ4v) is 4.85. The summed E-state index contributed by atoms with van der Waals surface area (Å²) in [4.78, 5) is 0. The highest BCUT2D eigenvalue weighted by Crippen LogP contribution is 2.29. The van der Waals surface area contributed by atoms with Crippen molar-refractivity contribution >= 4 is 16.1 Å². The molecule has 2 aromatic carbocycles. The van der Waals surface area contributed by atoms with E-state index in [1.807, 2.05) is 60.7 Å². The summed E-state index contributed by atoms with van der Waals surface area (Å²) < 4.78 is 23.6. The molecule has 0 aliphatic carbocycles. The lowest BCUT2D eigenvalue weighted by atomic mass is 9.89. The lowest BCUT2D eigenvalue weighted by Crippen LogP contribution is -2.32. The molecular formula is C40H42O4Si2. The van der Waals surface area contributed by atoms with Crippen LogP contribution in [0.15, 0.2) is 60.7 Å². The zero-order chi connectivity index (χ0) is 34.5. The second-order valence-corrected chi connectivity index (χ2v) is 21.8. The second-order valence-electron chi connectivity index (χ2n) is 12.3. The molecule has 0 spiro atoms. The third-order valence-electron chi connectivity index (χ3n) is 6.46. The molecule has 0 aromatic heterocycles. The van der Waals surface area contributed by atoms with Crippen LogP contribution in [0, 0.1) is 83.1 Å². The van der Waals surface area contributed by atoms with E-state index in [1.165, 1.54) is 28.4 Å². The summed E-state index contributed by atoms with van der Waals surface area (Å²) in [7, 11) is 2.41. The quantitative estimate of drug-likeness (QED) is 0.292. The van der Waals surface area contributed by atoms with Gasteiger partial charge in [-0.3, -0.25) is 0 Å². The van der Waals surface area contributed by atoms with Crippen LogP contribution in [0.3, 0.4) is 0 Å². The standard InChI is InChI=1S/C40H42O4Si2/c1-13-37(41-3,31-33-45(7,8)9)25-27-39(43-5,35-21-17-15-18-22-35)29-30-40(44-6,36-23-19-16-20-24-36)28-26-38(14-2,42-4)32-34-46(10,11)12/h1-2,15-24H,3-12H3. The molecule has 4 atom stereocenters. The number of hydrogen-bond acceptors (Lipinski definition) is 4. The first-order valence-electron chi connectivity index (χ1n) is 14.6. The minimum absolute atomic E-state index is 0.666. The maximum atomic E-state index is 6.10. The second kappa shape index (κ2) is 15.8. The molecule has 2 aromatic rings. The Hall–Kier alpha value is -4.37. The molecule has 4 nitrogen and oxygen atoms in total. The molecule has 0 N–H and O–H groups in total. The van der Waals surface area contributed by atoms with Crippen molar-refractivity contribution in [2.24, 2.45) is 0 Å². The molecule has 0 fully saturated rings. The van der Waals surface area contributed by atoms with Gasteiger partial charge >= 0.3 is 0 Å². The number of methoxy groups -OCH3 is 4. The van der Waals surface area contributed by atoms with Gasteiger partial charge in [0, 0.05) is 39.6 Å². The summed E-state index contributed by atoms with van der Waals surface area (Å²) in [5.74, 6) is 30.4. The Labute approximate surface area is 279 Å². The first-order chi connectivity index (χ1) is 21.6. The minimum atomic E-state index is -1.80. The van der Waals surface area contributed by atoms with Gasteiger partial charge in [0.2, 0.25) is 11.2 Å². The van der Waals surface area contributed by atoms with Crippen LogP contribution < -0.4 is 0 Å². The van der Waals surface area contributed by atoms with Gasteiger partial charge in [0.25, 0.3) is 11.2 Å². The third kappa shape index (κ3) is 10.1. The van der Waals surface area contributed by atoms with E-state index >= 15 is 0 Å². The van der Waals surface area contributed by atoms with E-state index in [2.05, 4.69) is 110 Å². The lowest BCUT2D eigenvalue weighted by Gasteiger charge is -2.26. The van der Waals surface area contributed by atoms with Gasteiger partial charge < -0.3 is 18.9 Å². The number of hydrogen-bond donors (Lipinski definition) is 0. The number of benzene rings is 2. The van der Waals surface area contributed by atoms with Crippen LogP contribution in [0.25, 0.3) is 0 Å². The van der Waals surface area contributed by atoms with Crippen LogP contribution in [0.1, 0.15) is 11.1 Å². The summed E-state index contributed by atoms with van der Waals surface area (Å²) in [6, 6.07) is 18.8. The van der Waals surface area contributed by atoms with Crippen LogP contribution in [0.4, 0.5) is 0 Å². The zero-order valence-electron chi connectivity index (χ0n) is 28.6. The molecule has 234 valence electrons. The molecule has 2 rings (SSSR count). The van der Waals surface area contributed by atoms with Gasteiger partial charge in [-0.05, 0) is 59.2 Å². The molecule has 6 heteroatoms. The Balaban J connectivity index is 3.02. The minimum Gasteiger partial charge on any atom is -0.351 e. The summed E-state index contributed by atoms with van der Waals surface area (Å²) >= 11 is 0. The van der Waals surface area contributed by atoms with E-state index in [0.29, 0.717) is 11.1 Å². The van der Waals surface area contributed by atoms with Gasteiger partial charge in [-0.15, -0.1) is 23.9 Å². The maximum Gasteiger partial charge on any atom is 0.253 e. The fraction of sp³-hybridized carbons (Fsp3) is 0.350. The first-order valence-corrected chi connectivity index (χ1v) is 21.6. The molecule has 4 unspecified atom stereocenters. The normalized spacial score (nSPS) is 15.7. The number of terminal acetylenes is 2.